The van der Waals surface area contributed by atoms with E-state index in [1.807, 2.05) is 6.92 Å². The number of hydrogen-bond acceptors (Lipinski definition) is 6. The number of nitrogens with zero attached hydrogens (tertiary/aromatic N) is 1. The van der Waals surface area contributed by atoms with Crippen LogP contribution in [0.4, 0.5) is 0 Å². The summed E-state index contributed by atoms with van der Waals surface area (Å²) in [5.74, 6) is -3.31. The predicted octanol–water partition coefficient (Wildman–Crippen LogP) is -2.40. The van der Waals surface area contributed by atoms with Gasteiger partial charge in [-0.3, -0.25) is 19.4 Å². The van der Waals surface area contributed by atoms with Crippen molar-refractivity contribution in [3.8, 4) is 0 Å². The van der Waals surface area contributed by atoms with Gasteiger partial charge < -0.3 is 38.3 Å². The lowest BCUT2D eigenvalue weighted by Gasteiger charge is -2.24. The van der Waals surface area contributed by atoms with Crippen molar-refractivity contribution in [3.63, 3.8) is 0 Å². The Balaban J connectivity index is 4.97. The molecule has 0 rings (SSSR count). The lowest BCUT2D eigenvalue weighted by atomic mass is 9.99. The number of carboxylic acid groups (broad SMARTS) is 1. The highest BCUT2D eigenvalue weighted by Crippen LogP contribution is 2.08. The zero-order chi connectivity index (χ0) is 22.6. The van der Waals surface area contributed by atoms with Crippen molar-refractivity contribution >= 4 is 29.7 Å². The first-order valence-corrected chi connectivity index (χ1v) is 9.41. The summed E-state index contributed by atoms with van der Waals surface area (Å²) in [6.45, 7) is 4.89. The van der Waals surface area contributed by atoms with Gasteiger partial charge in [-0.25, -0.2) is 4.79 Å². The number of carbonyl (C=O) groups is 4. The molecule has 0 bridgehead atoms. The molecular formula is C17H33N7O5. The van der Waals surface area contributed by atoms with Crippen molar-refractivity contribution < 1.29 is 24.3 Å². The van der Waals surface area contributed by atoms with Crippen LogP contribution < -0.4 is 33.2 Å². The Bertz CT molecular complexity index is 607. The van der Waals surface area contributed by atoms with Crippen LogP contribution in [0.2, 0.25) is 0 Å². The van der Waals surface area contributed by atoms with Crippen molar-refractivity contribution in [2.24, 2.45) is 28.1 Å². The van der Waals surface area contributed by atoms with Crippen LogP contribution in [0.3, 0.4) is 0 Å². The maximum atomic E-state index is 12.5. The molecule has 0 aromatic heterocycles. The molecule has 0 heterocycles. The molecule has 0 aromatic carbocycles. The maximum Gasteiger partial charge on any atom is 0.326 e. The SMILES string of the molecule is CCC(C)C(NC(=O)C(C)NC(=O)C(CCCN=C(N)N)NC(=O)CN)C(=O)O. The van der Waals surface area contributed by atoms with Gasteiger partial charge in [0.1, 0.15) is 18.1 Å². The fourth-order valence-electron chi connectivity index (χ4n) is 2.37. The highest BCUT2D eigenvalue weighted by atomic mass is 16.4. The molecule has 4 unspecified atom stereocenters. The van der Waals surface area contributed by atoms with Crippen molar-refractivity contribution in [3.05, 3.63) is 0 Å². The van der Waals surface area contributed by atoms with Crippen molar-refractivity contribution in [2.45, 2.75) is 58.2 Å². The zero-order valence-corrected chi connectivity index (χ0v) is 17.1. The lowest BCUT2D eigenvalue weighted by molar-refractivity contribution is -0.143. The first kappa shape index (κ1) is 26.1. The number of hydrogen-bond donors (Lipinski definition) is 7. The molecule has 0 aliphatic carbocycles. The summed E-state index contributed by atoms with van der Waals surface area (Å²) in [5.41, 5.74) is 15.7. The quantitative estimate of drug-likeness (QED) is 0.0975. The fraction of sp³-hybridized carbons (Fsp3) is 0.706. The average Bonchev–Trinajstić information content (AvgIpc) is 2.66. The number of amides is 3. The molecule has 0 aliphatic heterocycles. The van der Waals surface area contributed by atoms with Gasteiger partial charge in [-0.1, -0.05) is 20.3 Å². The van der Waals surface area contributed by atoms with Crippen molar-refractivity contribution in [2.75, 3.05) is 13.1 Å². The van der Waals surface area contributed by atoms with E-state index in [2.05, 4.69) is 20.9 Å². The Morgan fingerprint density at radius 2 is 1.66 bits per heavy atom. The smallest absolute Gasteiger partial charge is 0.326 e. The van der Waals surface area contributed by atoms with Crippen LogP contribution >= 0.6 is 0 Å². The number of guanidine groups is 1. The molecule has 12 nitrogen and oxygen atoms in total. The number of rotatable bonds is 13. The number of aliphatic imine (C=N–C) groups is 1. The van der Waals surface area contributed by atoms with Gasteiger partial charge in [0.15, 0.2) is 5.96 Å². The molecule has 0 saturated heterocycles. The van der Waals surface area contributed by atoms with Gasteiger partial charge >= 0.3 is 5.97 Å². The zero-order valence-electron chi connectivity index (χ0n) is 17.1. The van der Waals surface area contributed by atoms with Crippen LogP contribution in [0, 0.1) is 5.92 Å². The Morgan fingerprint density at radius 1 is 1.03 bits per heavy atom. The van der Waals surface area contributed by atoms with E-state index in [4.69, 9.17) is 17.2 Å². The fourth-order valence-corrected chi connectivity index (χ4v) is 2.37. The van der Waals surface area contributed by atoms with Crippen LogP contribution in [0.1, 0.15) is 40.0 Å². The van der Waals surface area contributed by atoms with Crippen LogP contribution in [0.15, 0.2) is 4.99 Å². The first-order valence-electron chi connectivity index (χ1n) is 9.41. The summed E-state index contributed by atoms with van der Waals surface area (Å²) in [7, 11) is 0. The molecule has 0 saturated carbocycles. The monoisotopic (exact) mass is 415 g/mol. The molecule has 0 spiro atoms. The molecule has 10 N–H and O–H groups in total. The highest BCUT2D eigenvalue weighted by molar-refractivity contribution is 5.93. The van der Waals surface area contributed by atoms with Crippen LogP contribution in [0.25, 0.3) is 0 Å². The van der Waals surface area contributed by atoms with Gasteiger partial charge in [-0.15, -0.1) is 0 Å². The molecule has 0 aromatic rings. The van der Waals surface area contributed by atoms with E-state index >= 15 is 0 Å². The number of nitrogens with two attached hydrogens (primary N) is 3. The van der Waals surface area contributed by atoms with Gasteiger partial charge in [0.05, 0.1) is 6.54 Å². The second kappa shape index (κ2) is 13.3. The summed E-state index contributed by atoms with van der Waals surface area (Å²) in [4.78, 5) is 51.5. The van der Waals surface area contributed by atoms with Crippen molar-refractivity contribution in [1.82, 2.24) is 16.0 Å². The topological polar surface area (TPSA) is 215 Å². The number of carbonyl (C=O) groups excluding carboxylic acids is 3. The standard InChI is InChI=1S/C17H33N7O5/c1-4-9(2)13(16(28)29)24-14(26)10(3)22-15(27)11(23-12(25)8-18)6-5-7-21-17(19)20/h9-11,13H,4-8,18H2,1-3H3,(H,22,27)(H,23,25)(H,24,26)(H,28,29)(H4,19,20,21). The Labute approximate surface area is 170 Å². The van der Waals surface area contributed by atoms with Gasteiger partial charge in [0, 0.05) is 6.54 Å². The normalized spacial score (nSPS) is 14.6. The largest absolute Gasteiger partial charge is 0.480 e. The average molecular weight is 415 g/mol. The van der Waals surface area contributed by atoms with E-state index in [-0.39, 0.29) is 31.4 Å². The second-order valence-corrected chi connectivity index (χ2v) is 6.71. The van der Waals surface area contributed by atoms with Crippen molar-refractivity contribution in [1.29, 1.82) is 0 Å². The van der Waals surface area contributed by atoms with Gasteiger partial charge in [0.2, 0.25) is 17.7 Å². The minimum atomic E-state index is -1.15. The minimum absolute atomic E-state index is 0.0865. The molecule has 12 heteroatoms. The lowest BCUT2D eigenvalue weighted by Crippen LogP contribution is -2.56. The summed E-state index contributed by atoms with van der Waals surface area (Å²) >= 11 is 0. The highest BCUT2D eigenvalue weighted by Gasteiger charge is 2.29. The van der Waals surface area contributed by atoms with E-state index in [1.54, 1.807) is 6.92 Å². The predicted molar refractivity (Wildman–Crippen MR) is 108 cm³/mol. The Morgan fingerprint density at radius 3 is 2.14 bits per heavy atom. The molecular weight excluding hydrogens is 382 g/mol. The van der Waals surface area contributed by atoms with Gasteiger partial charge in [-0.2, -0.15) is 0 Å². The molecule has 29 heavy (non-hydrogen) atoms. The summed E-state index contributed by atoms with van der Waals surface area (Å²) in [5, 5.41) is 16.6. The molecule has 0 fully saturated rings. The van der Waals surface area contributed by atoms with Crippen LogP contribution in [-0.4, -0.2) is 66.0 Å². The molecule has 0 radical (unpaired) electrons. The molecule has 3 amide bonds. The van der Waals surface area contributed by atoms with Gasteiger partial charge in [0.25, 0.3) is 0 Å². The molecule has 0 aliphatic rings. The third-order valence-corrected chi connectivity index (χ3v) is 4.31. The van der Waals surface area contributed by atoms with E-state index in [0.29, 0.717) is 12.8 Å². The number of aliphatic carboxylic acids is 1. The van der Waals surface area contributed by atoms with Gasteiger partial charge in [-0.05, 0) is 25.7 Å². The number of carboxylic acids is 1. The first-order chi connectivity index (χ1) is 13.5. The Hall–Kier alpha value is -2.89. The van der Waals surface area contributed by atoms with E-state index in [0.717, 1.165) is 0 Å². The summed E-state index contributed by atoms with van der Waals surface area (Å²) in [6, 6.07) is -3.03. The van der Waals surface area contributed by atoms with Crippen LogP contribution in [0.5, 0.6) is 0 Å². The molecule has 4 atom stereocenters. The minimum Gasteiger partial charge on any atom is -0.480 e. The van der Waals surface area contributed by atoms with E-state index in [9.17, 15) is 24.3 Å². The third-order valence-electron chi connectivity index (χ3n) is 4.31. The summed E-state index contributed by atoms with van der Waals surface area (Å²) < 4.78 is 0. The maximum absolute atomic E-state index is 12.5. The van der Waals surface area contributed by atoms with E-state index < -0.39 is 41.8 Å². The third kappa shape index (κ3) is 10.3. The molecule has 166 valence electrons. The number of nitrogens with one attached hydrogen (secondary N) is 3. The Kier molecular flexibility index (Phi) is 12.0. The van der Waals surface area contributed by atoms with E-state index in [1.165, 1.54) is 6.92 Å². The summed E-state index contributed by atoms with van der Waals surface area (Å²) in [6.07, 6.45) is 1.17. The second-order valence-electron chi connectivity index (χ2n) is 6.71. The van der Waals surface area contributed by atoms with Crippen LogP contribution in [-0.2, 0) is 19.2 Å².